The van der Waals surface area contributed by atoms with E-state index in [2.05, 4.69) is 30.7 Å². The molecule has 0 aliphatic heterocycles. The molecule has 0 bridgehead atoms. The lowest BCUT2D eigenvalue weighted by atomic mass is 10.2. The number of hydrogen-bond donors (Lipinski definition) is 1. The van der Waals surface area contributed by atoms with E-state index in [1.165, 1.54) is 15.9 Å². The number of aromatic nitrogens is 3. The number of imidazole rings is 1. The molecule has 122 valence electrons. The summed E-state index contributed by atoms with van der Waals surface area (Å²) < 4.78 is 30.4. The van der Waals surface area contributed by atoms with Crippen LogP contribution in [0.4, 0.5) is 0 Å². The van der Waals surface area contributed by atoms with Gasteiger partial charge in [0.05, 0.1) is 5.69 Å². The lowest BCUT2D eigenvalue weighted by molar-refractivity contribution is 0.571. The van der Waals surface area contributed by atoms with Gasteiger partial charge in [-0.2, -0.15) is 9.61 Å². The molecule has 0 atom stereocenters. The van der Waals surface area contributed by atoms with Gasteiger partial charge in [-0.05, 0) is 31.0 Å². The Morgan fingerprint density at radius 2 is 2.17 bits per heavy atom. The van der Waals surface area contributed by atoms with E-state index in [0.717, 1.165) is 15.0 Å². The van der Waals surface area contributed by atoms with Gasteiger partial charge in [-0.3, -0.25) is 0 Å². The zero-order valence-electron chi connectivity index (χ0n) is 12.6. The standard InChI is InChI=1S/C14H15BrN4O2S2/c1-3-12-13(19-14(17-12)22-9(2)18-19)23(20,21)16-8-10-5-4-6-11(15)7-10/h4-7,16H,3,8H2,1-2H3. The number of fused-ring (bicyclic) bond motifs is 1. The Balaban J connectivity index is 1.96. The van der Waals surface area contributed by atoms with Crippen LogP contribution in [0.2, 0.25) is 0 Å². The first kappa shape index (κ1) is 16.6. The van der Waals surface area contributed by atoms with Crippen molar-refractivity contribution in [1.82, 2.24) is 19.3 Å². The van der Waals surface area contributed by atoms with Crippen LogP contribution in [0.15, 0.2) is 33.8 Å². The Labute approximate surface area is 146 Å². The third kappa shape index (κ3) is 3.32. The molecule has 3 aromatic rings. The highest BCUT2D eigenvalue weighted by Crippen LogP contribution is 2.23. The maximum Gasteiger partial charge on any atom is 0.260 e. The predicted octanol–water partition coefficient (Wildman–Crippen LogP) is 2.90. The molecule has 3 rings (SSSR count). The number of hydrogen-bond acceptors (Lipinski definition) is 5. The molecule has 0 aliphatic carbocycles. The highest BCUT2D eigenvalue weighted by Gasteiger charge is 2.26. The number of halogens is 1. The topological polar surface area (TPSA) is 76.4 Å². The van der Waals surface area contributed by atoms with Gasteiger partial charge >= 0.3 is 0 Å². The number of nitrogens with one attached hydrogen (secondary N) is 1. The molecule has 2 heterocycles. The van der Waals surface area contributed by atoms with Crippen LogP contribution in [0.25, 0.3) is 4.96 Å². The van der Waals surface area contributed by atoms with Gasteiger partial charge in [-0.25, -0.2) is 18.1 Å². The van der Waals surface area contributed by atoms with E-state index < -0.39 is 10.0 Å². The minimum absolute atomic E-state index is 0.134. The molecule has 1 N–H and O–H groups in total. The summed E-state index contributed by atoms with van der Waals surface area (Å²) in [5.41, 5.74) is 1.40. The molecule has 0 amide bonds. The second-order valence-corrected chi connectivity index (χ2v) is 8.75. The summed E-state index contributed by atoms with van der Waals surface area (Å²) in [6.07, 6.45) is 0.530. The molecule has 0 aliphatic rings. The molecule has 0 fully saturated rings. The second kappa shape index (κ2) is 6.31. The van der Waals surface area contributed by atoms with E-state index in [-0.39, 0.29) is 11.6 Å². The summed E-state index contributed by atoms with van der Waals surface area (Å²) in [4.78, 5) is 4.98. The van der Waals surface area contributed by atoms with E-state index in [9.17, 15) is 8.42 Å². The van der Waals surface area contributed by atoms with Gasteiger partial charge in [0.1, 0.15) is 5.01 Å². The summed E-state index contributed by atoms with van der Waals surface area (Å²) in [5.74, 6) is 0. The van der Waals surface area contributed by atoms with Crippen molar-refractivity contribution < 1.29 is 8.42 Å². The molecule has 23 heavy (non-hydrogen) atoms. The minimum Gasteiger partial charge on any atom is -0.221 e. The maximum absolute atomic E-state index is 12.7. The SMILES string of the molecule is CCc1nc2sc(C)nn2c1S(=O)(=O)NCc1cccc(Br)c1. The zero-order chi connectivity index (χ0) is 16.6. The Bertz CT molecular complexity index is 962. The number of sulfonamides is 1. The average Bonchev–Trinajstić information content (AvgIpc) is 3.00. The number of aryl methyl sites for hydroxylation is 2. The van der Waals surface area contributed by atoms with Gasteiger partial charge < -0.3 is 0 Å². The number of rotatable bonds is 5. The zero-order valence-corrected chi connectivity index (χ0v) is 15.8. The Morgan fingerprint density at radius 1 is 1.39 bits per heavy atom. The van der Waals surface area contributed by atoms with Crippen molar-refractivity contribution in [2.45, 2.75) is 31.8 Å². The first-order chi connectivity index (χ1) is 10.9. The second-order valence-electron chi connectivity index (χ2n) is 4.99. The molecule has 0 saturated carbocycles. The van der Waals surface area contributed by atoms with Crippen LogP contribution < -0.4 is 4.72 Å². The highest BCUT2D eigenvalue weighted by molar-refractivity contribution is 9.10. The van der Waals surface area contributed by atoms with Crippen molar-refractivity contribution in [3.05, 3.63) is 45.0 Å². The van der Waals surface area contributed by atoms with Crippen molar-refractivity contribution in [3.63, 3.8) is 0 Å². The van der Waals surface area contributed by atoms with Crippen LogP contribution in [0.1, 0.15) is 23.2 Å². The summed E-state index contributed by atoms with van der Waals surface area (Å²) in [6, 6.07) is 7.51. The van der Waals surface area contributed by atoms with E-state index >= 15 is 0 Å². The fourth-order valence-electron chi connectivity index (χ4n) is 2.26. The Morgan fingerprint density at radius 3 is 2.87 bits per heavy atom. The molecule has 1 aromatic carbocycles. The summed E-state index contributed by atoms with van der Waals surface area (Å²) in [5, 5.41) is 5.17. The molecule has 0 radical (unpaired) electrons. The molecule has 0 unspecified atom stereocenters. The normalized spacial score (nSPS) is 12.1. The monoisotopic (exact) mass is 414 g/mol. The van der Waals surface area contributed by atoms with Crippen LogP contribution in [0.3, 0.4) is 0 Å². The summed E-state index contributed by atoms with van der Waals surface area (Å²) in [7, 11) is -3.70. The van der Waals surface area contributed by atoms with Crippen molar-refractivity contribution in [2.24, 2.45) is 0 Å². The number of nitrogens with zero attached hydrogens (tertiary/aromatic N) is 3. The van der Waals surface area contributed by atoms with E-state index in [0.29, 0.717) is 17.1 Å². The average molecular weight is 415 g/mol. The lowest BCUT2D eigenvalue weighted by Crippen LogP contribution is -2.25. The fraction of sp³-hybridized carbons (Fsp3) is 0.286. The van der Waals surface area contributed by atoms with Crippen molar-refractivity contribution in [2.75, 3.05) is 0 Å². The van der Waals surface area contributed by atoms with Gasteiger partial charge in [0, 0.05) is 11.0 Å². The van der Waals surface area contributed by atoms with Gasteiger partial charge in [0.2, 0.25) is 4.96 Å². The van der Waals surface area contributed by atoms with Crippen molar-refractivity contribution in [1.29, 1.82) is 0 Å². The quantitative estimate of drug-likeness (QED) is 0.695. The Hall–Kier alpha value is -1.29. The third-order valence-corrected chi connectivity index (χ3v) is 6.03. The van der Waals surface area contributed by atoms with Crippen molar-refractivity contribution in [3.8, 4) is 0 Å². The molecule has 9 heteroatoms. The lowest BCUT2D eigenvalue weighted by Gasteiger charge is -2.07. The predicted molar refractivity (Wildman–Crippen MR) is 93.1 cm³/mol. The van der Waals surface area contributed by atoms with Gasteiger partial charge in [-0.1, -0.05) is 46.3 Å². The minimum atomic E-state index is -3.70. The van der Waals surface area contributed by atoms with Crippen molar-refractivity contribution >= 4 is 42.3 Å². The van der Waals surface area contributed by atoms with Gasteiger partial charge in [-0.15, -0.1) is 0 Å². The summed E-state index contributed by atoms with van der Waals surface area (Å²) in [6.45, 7) is 3.92. The van der Waals surface area contributed by atoms with E-state index in [4.69, 9.17) is 0 Å². The van der Waals surface area contributed by atoms with E-state index in [1.54, 1.807) is 0 Å². The van der Waals surface area contributed by atoms with Gasteiger partial charge in [0.25, 0.3) is 10.0 Å². The first-order valence-corrected chi connectivity index (χ1v) is 10.1. The molecular weight excluding hydrogens is 400 g/mol. The maximum atomic E-state index is 12.7. The first-order valence-electron chi connectivity index (χ1n) is 7.00. The van der Waals surface area contributed by atoms with E-state index in [1.807, 2.05) is 38.1 Å². The summed E-state index contributed by atoms with van der Waals surface area (Å²) >= 11 is 4.76. The van der Waals surface area contributed by atoms with Crippen LogP contribution in [0.5, 0.6) is 0 Å². The third-order valence-electron chi connectivity index (χ3n) is 3.28. The van der Waals surface area contributed by atoms with Crippen LogP contribution in [-0.4, -0.2) is 23.0 Å². The van der Waals surface area contributed by atoms with Gasteiger partial charge in [0.15, 0.2) is 5.03 Å². The largest absolute Gasteiger partial charge is 0.260 e. The highest BCUT2D eigenvalue weighted by atomic mass is 79.9. The molecule has 0 saturated heterocycles. The molecule has 2 aromatic heterocycles. The Kier molecular flexibility index (Phi) is 4.54. The van der Waals surface area contributed by atoms with Crippen LogP contribution in [-0.2, 0) is 23.0 Å². The molecule has 6 nitrogen and oxygen atoms in total. The smallest absolute Gasteiger partial charge is 0.221 e. The molecular formula is C14H15BrN4O2S2. The fourth-order valence-corrected chi connectivity index (χ4v) is 4.87. The number of benzene rings is 1. The van der Waals surface area contributed by atoms with Crippen LogP contribution in [0, 0.1) is 6.92 Å². The molecule has 0 spiro atoms. The van der Waals surface area contributed by atoms with Crippen LogP contribution >= 0.6 is 27.3 Å².